The van der Waals surface area contributed by atoms with Crippen molar-refractivity contribution >= 4 is 0 Å². The smallest absolute Gasteiger partial charge is 0.194 e. The topological polar surface area (TPSA) is 9.23 Å². The molecule has 0 aliphatic heterocycles. The van der Waals surface area contributed by atoms with Gasteiger partial charge < -0.3 is 4.74 Å². The van der Waals surface area contributed by atoms with Gasteiger partial charge in [0, 0.05) is 13.6 Å². The fourth-order valence-electron chi connectivity index (χ4n) is 2.33. The van der Waals surface area contributed by atoms with Gasteiger partial charge in [0.2, 0.25) is 0 Å². The third kappa shape index (κ3) is 3.18. The third-order valence-corrected chi connectivity index (χ3v) is 3.58. The molecule has 1 aromatic rings. The van der Waals surface area contributed by atoms with Crippen molar-refractivity contribution in [1.82, 2.24) is 0 Å². The van der Waals surface area contributed by atoms with Gasteiger partial charge in [0.1, 0.15) is 5.75 Å². The van der Waals surface area contributed by atoms with Gasteiger partial charge in [0.25, 0.3) is 0 Å². The monoisotopic (exact) mass is 260 g/mol. The molecule has 1 aliphatic rings. The van der Waals surface area contributed by atoms with E-state index in [1.54, 1.807) is 0 Å². The number of ether oxygens (including phenoxy) is 1. The average Bonchev–Trinajstić information content (AvgIpc) is 2.35. The van der Waals surface area contributed by atoms with Gasteiger partial charge in [-0.3, -0.25) is 0 Å². The third-order valence-electron chi connectivity index (χ3n) is 3.58. The predicted molar refractivity (Wildman–Crippen MR) is 65.0 cm³/mol. The fourth-order valence-corrected chi connectivity index (χ4v) is 2.33. The van der Waals surface area contributed by atoms with E-state index in [-0.39, 0.29) is 7.18 Å². The van der Waals surface area contributed by atoms with Crippen LogP contribution in [-0.4, -0.2) is 6.61 Å². The van der Waals surface area contributed by atoms with Crippen LogP contribution in [0.2, 0.25) is 0 Å². The minimum absolute atomic E-state index is 0. The van der Waals surface area contributed by atoms with Gasteiger partial charge in [0.05, 0.1) is 6.61 Å². The zero-order chi connectivity index (χ0) is 13.1. The molecule has 0 saturated heterocycles. The van der Waals surface area contributed by atoms with Gasteiger partial charge in [-0.1, -0.05) is 19.8 Å². The summed E-state index contributed by atoms with van der Waals surface area (Å²) in [5.74, 6) is -2.62. The molecule has 2 rings (SSSR count). The van der Waals surface area contributed by atoms with Gasteiger partial charge in [-0.2, -0.15) is 0 Å². The maximum absolute atomic E-state index is 13.0. The highest BCUT2D eigenvalue weighted by atomic mass is 19.2. The van der Waals surface area contributed by atoms with Crippen molar-refractivity contribution in [3.05, 3.63) is 29.6 Å². The Bertz CT molecular complexity index is 394. The second-order valence-electron chi connectivity index (χ2n) is 5.14. The van der Waals surface area contributed by atoms with Crippen molar-refractivity contribution in [2.24, 2.45) is 11.8 Å². The molecule has 0 amide bonds. The zero-order valence-electron chi connectivity index (χ0n) is 10.4. The van der Waals surface area contributed by atoms with Crippen molar-refractivity contribution in [2.75, 3.05) is 6.61 Å². The number of hydrogen-bond donors (Lipinski definition) is 0. The maximum atomic E-state index is 13.0. The van der Waals surface area contributed by atoms with E-state index < -0.39 is 17.5 Å². The summed E-state index contributed by atoms with van der Waals surface area (Å²) in [6.07, 6.45) is 4.49. The molecule has 0 N–H and O–H groups in total. The van der Waals surface area contributed by atoms with Crippen LogP contribution in [0.15, 0.2) is 12.1 Å². The first kappa shape index (κ1) is 13.2. The summed E-state index contributed by atoms with van der Waals surface area (Å²) in [5, 5.41) is 0. The molecule has 0 radical (unpaired) electrons. The van der Waals surface area contributed by atoms with E-state index in [4.69, 9.17) is 4.74 Å². The van der Waals surface area contributed by atoms with Crippen LogP contribution in [0.3, 0.4) is 0 Å². The van der Waals surface area contributed by atoms with Crippen LogP contribution < -0.4 is 4.74 Å². The summed E-state index contributed by atoms with van der Waals surface area (Å²) < 4.78 is 44.0. The highest BCUT2D eigenvalue weighted by molar-refractivity contribution is 5.25. The van der Waals surface area contributed by atoms with E-state index in [2.05, 4.69) is 6.92 Å². The van der Waals surface area contributed by atoms with E-state index in [0.29, 0.717) is 12.5 Å². The van der Waals surface area contributed by atoms with E-state index in [0.717, 1.165) is 30.9 Å². The van der Waals surface area contributed by atoms with Crippen molar-refractivity contribution < 1.29 is 19.3 Å². The lowest BCUT2D eigenvalue weighted by atomic mass is 9.83. The number of benzene rings is 1. The Hall–Kier alpha value is -1.19. The predicted octanol–water partition coefficient (Wildman–Crippen LogP) is 4.56. The Morgan fingerprint density at radius 2 is 1.67 bits per heavy atom. The summed E-state index contributed by atoms with van der Waals surface area (Å²) in [4.78, 5) is 0. The Kier molecular flexibility index (Phi) is 4.15. The SMILES string of the molecule is CC1CCC(COc2cc(F)c(F)c(F)c2)CC1.[HH]. The lowest BCUT2D eigenvalue weighted by molar-refractivity contribution is 0.186. The molecule has 0 aromatic heterocycles. The number of halogens is 3. The number of hydrogen-bond acceptors (Lipinski definition) is 1. The van der Waals surface area contributed by atoms with Crippen LogP contribution in [-0.2, 0) is 0 Å². The van der Waals surface area contributed by atoms with E-state index in [9.17, 15) is 13.2 Å². The number of rotatable bonds is 3. The molecule has 0 heterocycles. The first-order valence-electron chi connectivity index (χ1n) is 6.33. The lowest BCUT2D eigenvalue weighted by Crippen LogP contribution is -2.18. The normalized spacial score (nSPS) is 24.0. The molecule has 0 atom stereocenters. The second-order valence-corrected chi connectivity index (χ2v) is 5.14. The largest absolute Gasteiger partial charge is 0.493 e. The zero-order valence-corrected chi connectivity index (χ0v) is 10.4. The molecule has 1 nitrogen and oxygen atoms in total. The van der Waals surface area contributed by atoms with E-state index in [1.165, 1.54) is 12.8 Å². The molecule has 4 heteroatoms. The lowest BCUT2D eigenvalue weighted by Gasteiger charge is -2.26. The van der Waals surface area contributed by atoms with Gasteiger partial charge in [0.15, 0.2) is 17.5 Å². The summed E-state index contributed by atoms with van der Waals surface area (Å²) in [6, 6.07) is 1.79. The molecule has 0 spiro atoms. The maximum Gasteiger partial charge on any atom is 0.194 e. The minimum Gasteiger partial charge on any atom is -0.493 e. The van der Waals surface area contributed by atoms with Crippen LogP contribution in [0.1, 0.15) is 34.0 Å². The molecule has 1 fully saturated rings. The van der Waals surface area contributed by atoms with Gasteiger partial charge in [-0.25, -0.2) is 13.2 Å². The van der Waals surface area contributed by atoms with Crippen molar-refractivity contribution in [2.45, 2.75) is 32.6 Å². The Labute approximate surface area is 106 Å². The second kappa shape index (κ2) is 5.63. The van der Waals surface area contributed by atoms with Crippen molar-refractivity contribution in [1.29, 1.82) is 0 Å². The first-order valence-corrected chi connectivity index (χ1v) is 6.33. The summed E-state index contributed by atoms with van der Waals surface area (Å²) in [6.45, 7) is 2.67. The van der Waals surface area contributed by atoms with Gasteiger partial charge in [-0.15, -0.1) is 0 Å². The van der Waals surface area contributed by atoms with Gasteiger partial charge in [-0.05, 0) is 24.7 Å². The Morgan fingerprint density at radius 3 is 2.22 bits per heavy atom. The Balaban J connectivity index is 0.00000180. The minimum atomic E-state index is -1.45. The molecule has 18 heavy (non-hydrogen) atoms. The molecular formula is C14H19F3O. The average molecular weight is 260 g/mol. The first-order chi connectivity index (χ1) is 8.56. The van der Waals surface area contributed by atoms with E-state index in [1.807, 2.05) is 0 Å². The van der Waals surface area contributed by atoms with Crippen molar-refractivity contribution in [3.8, 4) is 5.75 Å². The van der Waals surface area contributed by atoms with Crippen LogP contribution in [0, 0.1) is 29.3 Å². The quantitative estimate of drug-likeness (QED) is 0.724. The fraction of sp³-hybridized carbons (Fsp3) is 0.571. The standard InChI is InChI=1S/C14H17F3O.H2/c1-9-2-4-10(5-3-9)8-18-11-6-12(15)14(17)13(16)7-11;/h6-7,9-10H,2-5,8H2,1H3;1H. The highest BCUT2D eigenvalue weighted by Gasteiger charge is 2.19. The molecule has 1 saturated carbocycles. The molecular weight excluding hydrogens is 241 g/mol. The molecule has 0 bridgehead atoms. The molecule has 102 valence electrons. The van der Waals surface area contributed by atoms with Crippen LogP contribution >= 0.6 is 0 Å². The van der Waals surface area contributed by atoms with Gasteiger partial charge >= 0.3 is 0 Å². The molecule has 0 unspecified atom stereocenters. The molecule has 1 aliphatic carbocycles. The van der Waals surface area contributed by atoms with Crippen molar-refractivity contribution in [3.63, 3.8) is 0 Å². The summed E-state index contributed by atoms with van der Waals surface area (Å²) in [5.41, 5.74) is 0. The van der Waals surface area contributed by atoms with Crippen LogP contribution in [0.25, 0.3) is 0 Å². The highest BCUT2D eigenvalue weighted by Crippen LogP contribution is 2.29. The van der Waals surface area contributed by atoms with Crippen LogP contribution in [0.5, 0.6) is 5.75 Å². The Morgan fingerprint density at radius 1 is 1.11 bits per heavy atom. The summed E-state index contributed by atoms with van der Waals surface area (Å²) >= 11 is 0. The molecule has 1 aromatic carbocycles. The van der Waals surface area contributed by atoms with E-state index >= 15 is 0 Å². The van der Waals surface area contributed by atoms with Crippen LogP contribution in [0.4, 0.5) is 13.2 Å². The summed E-state index contributed by atoms with van der Waals surface area (Å²) in [7, 11) is 0.